The summed E-state index contributed by atoms with van der Waals surface area (Å²) in [4.78, 5) is 39.6. The molecule has 0 bridgehead atoms. The SMILES string of the molecule is Cc1cc(C)c2[nH]c(C)c(CC(=O)NNC(=O)CCC(=O)NCCc3ccccc3)c2c1. The van der Waals surface area contributed by atoms with E-state index < -0.39 is 5.91 Å². The molecule has 2 aromatic carbocycles. The van der Waals surface area contributed by atoms with E-state index in [4.69, 9.17) is 0 Å². The quantitative estimate of drug-likeness (QED) is 0.410. The van der Waals surface area contributed by atoms with Crippen molar-refractivity contribution in [3.8, 4) is 0 Å². The molecule has 0 fully saturated rings. The van der Waals surface area contributed by atoms with E-state index in [1.165, 1.54) is 0 Å². The molecule has 32 heavy (non-hydrogen) atoms. The minimum Gasteiger partial charge on any atom is -0.358 e. The Bertz CT molecular complexity index is 1120. The van der Waals surface area contributed by atoms with Gasteiger partial charge >= 0.3 is 0 Å². The van der Waals surface area contributed by atoms with Crippen molar-refractivity contribution in [1.82, 2.24) is 21.2 Å². The molecule has 4 N–H and O–H groups in total. The minimum atomic E-state index is -0.404. The van der Waals surface area contributed by atoms with E-state index in [2.05, 4.69) is 33.3 Å². The number of benzene rings is 2. The average Bonchev–Trinajstić information content (AvgIpc) is 3.07. The van der Waals surface area contributed by atoms with E-state index in [1.807, 2.05) is 51.1 Å². The van der Waals surface area contributed by atoms with Crippen LogP contribution in [0, 0.1) is 20.8 Å². The van der Waals surface area contributed by atoms with Crippen LogP contribution in [-0.2, 0) is 27.2 Å². The van der Waals surface area contributed by atoms with Crippen molar-refractivity contribution in [2.24, 2.45) is 0 Å². The highest BCUT2D eigenvalue weighted by Gasteiger charge is 2.15. The van der Waals surface area contributed by atoms with Crippen LogP contribution in [0.5, 0.6) is 0 Å². The van der Waals surface area contributed by atoms with Gasteiger partial charge in [0.15, 0.2) is 0 Å². The molecule has 1 aromatic heterocycles. The molecule has 3 aromatic rings. The van der Waals surface area contributed by atoms with Crippen molar-refractivity contribution in [2.75, 3.05) is 6.54 Å². The Labute approximate surface area is 187 Å². The molecular weight excluding hydrogens is 404 g/mol. The first-order chi connectivity index (χ1) is 15.3. The van der Waals surface area contributed by atoms with Gasteiger partial charge in [0.05, 0.1) is 6.42 Å². The number of nitrogens with one attached hydrogen (secondary N) is 4. The summed E-state index contributed by atoms with van der Waals surface area (Å²) in [6.45, 7) is 6.51. The monoisotopic (exact) mass is 434 g/mol. The molecule has 0 unspecified atom stereocenters. The molecule has 0 aliphatic heterocycles. The zero-order valence-corrected chi connectivity index (χ0v) is 18.8. The third-order valence-corrected chi connectivity index (χ3v) is 5.41. The number of hydrazine groups is 1. The number of hydrogen-bond donors (Lipinski definition) is 4. The molecule has 0 saturated carbocycles. The molecule has 3 amide bonds. The number of H-pyrrole nitrogens is 1. The van der Waals surface area contributed by atoms with Crippen LogP contribution in [0.2, 0.25) is 0 Å². The molecule has 0 atom stereocenters. The molecule has 7 nitrogen and oxygen atoms in total. The first-order valence-electron chi connectivity index (χ1n) is 10.8. The number of aryl methyl sites for hydroxylation is 3. The Morgan fingerprint density at radius 2 is 1.56 bits per heavy atom. The molecule has 0 aliphatic carbocycles. The van der Waals surface area contributed by atoms with Gasteiger partial charge in [-0.1, -0.05) is 42.0 Å². The highest BCUT2D eigenvalue weighted by molar-refractivity contribution is 5.93. The number of amides is 3. The molecule has 168 valence electrons. The summed E-state index contributed by atoms with van der Waals surface area (Å²) in [6, 6.07) is 14.0. The molecule has 0 spiro atoms. The zero-order valence-electron chi connectivity index (χ0n) is 18.8. The van der Waals surface area contributed by atoms with E-state index in [9.17, 15) is 14.4 Å². The predicted octanol–water partition coefficient (Wildman–Crippen LogP) is 2.92. The molecule has 0 saturated heterocycles. The third kappa shape index (κ3) is 6.20. The first kappa shape index (κ1) is 23.1. The second-order valence-corrected chi connectivity index (χ2v) is 8.09. The Morgan fingerprint density at radius 1 is 0.875 bits per heavy atom. The van der Waals surface area contributed by atoms with Gasteiger partial charge in [0.25, 0.3) is 0 Å². The lowest BCUT2D eigenvalue weighted by Gasteiger charge is -2.09. The predicted molar refractivity (Wildman–Crippen MR) is 125 cm³/mol. The van der Waals surface area contributed by atoms with Crippen LogP contribution in [0.25, 0.3) is 10.9 Å². The molecule has 3 rings (SSSR count). The van der Waals surface area contributed by atoms with Gasteiger partial charge in [-0.2, -0.15) is 0 Å². The van der Waals surface area contributed by atoms with Crippen molar-refractivity contribution in [3.63, 3.8) is 0 Å². The molecular formula is C25H30N4O3. The normalized spacial score (nSPS) is 10.7. The summed E-state index contributed by atoms with van der Waals surface area (Å²) in [6.07, 6.45) is 0.953. The molecule has 1 heterocycles. The van der Waals surface area contributed by atoms with Crippen LogP contribution in [0.1, 0.15) is 40.8 Å². The zero-order chi connectivity index (χ0) is 23.1. The number of rotatable bonds is 8. The Hall–Kier alpha value is -3.61. The maximum absolute atomic E-state index is 12.4. The fourth-order valence-corrected chi connectivity index (χ4v) is 3.78. The molecule has 7 heteroatoms. The summed E-state index contributed by atoms with van der Waals surface area (Å²) >= 11 is 0. The summed E-state index contributed by atoms with van der Waals surface area (Å²) < 4.78 is 0. The number of carbonyl (C=O) groups excluding carboxylic acids is 3. The maximum Gasteiger partial charge on any atom is 0.242 e. The summed E-state index contributed by atoms with van der Waals surface area (Å²) in [7, 11) is 0. The number of aromatic nitrogens is 1. The van der Waals surface area contributed by atoms with E-state index in [0.29, 0.717) is 6.54 Å². The van der Waals surface area contributed by atoms with E-state index in [-0.39, 0.29) is 31.1 Å². The van der Waals surface area contributed by atoms with Gasteiger partial charge in [-0.15, -0.1) is 0 Å². The fourth-order valence-electron chi connectivity index (χ4n) is 3.78. The second kappa shape index (κ2) is 10.6. The van der Waals surface area contributed by atoms with Crippen LogP contribution in [0.3, 0.4) is 0 Å². The van der Waals surface area contributed by atoms with Crippen molar-refractivity contribution in [1.29, 1.82) is 0 Å². The van der Waals surface area contributed by atoms with E-state index in [1.54, 1.807) is 0 Å². The highest BCUT2D eigenvalue weighted by atomic mass is 16.2. The Morgan fingerprint density at radius 3 is 2.31 bits per heavy atom. The van der Waals surface area contributed by atoms with Crippen LogP contribution in [0.15, 0.2) is 42.5 Å². The van der Waals surface area contributed by atoms with Crippen LogP contribution < -0.4 is 16.2 Å². The average molecular weight is 435 g/mol. The number of hydrogen-bond acceptors (Lipinski definition) is 3. The minimum absolute atomic E-state index is 0.00194. The fraction of sp³-hybridized carbons (Fsp3) is 0.320. The van der Waals surface area contributed by atoms with Crippen LogP contribution >= 0.6 is 0 Å². The van der Waals surface area contributed by atoms with Gasteiger partial charge in [-0.05, 0) is 49.9 Å². The van der Waals surface area contributed by atoms with Crippen molar-refractivity contribution in [2.45, 2.75) is 46.5 Å². The highest BCUT2D eigenvalue weighted by Crippen LogP contribution is 2.26. The van der Waals surface area contributed by atoms with Gasteiger partial charge in [0.1, 0.15) is 0 Å². The summed E-state index contributed by atoms with van der Waals surface area (Å²) in [5, 5.41) is 3.83. The first-order valence-corrected chi connectivity index (χ1v) is 10.8. The third-order valence-electron chi connectivity index (χ3n) is 5.41. The topological polar surface area (TPSA) is 103 Å². The maximum atomic E-state index is 12.4. The lowest BCUT2D eigenvalue weighted by Crippen LogP contribution is -2.42. The second-order valence-electron chi connectivity index (χ2n) is 8.09. The van der Waals surface area contributed by atoms with Crippen molar-refractivity contribution >= 4 is 28.6 Å². The molecule has 0 radical (unpaired) electrons. The van der Waals surface area contributed by atoms with Gasteiger partial charge in [0.2, 0.25) is 17.7 Å². The van der Waals surface area contributed by atoms with Crippen LogP contribution in [0.4, 0.5) is 0 Å². The largest absolute Gasteiger partial charge is 0.358 e. The summed E-state index contributed by atoms with van der Waals surface area (Å²) in [5.74, 6) is -0.907. The smallest absolute Gasteiger partial charge is 0.242 e. The molecule has 0 aliphatic rings. The Balaban J connectivity index is 1.40. The van der Waals surface area contributed by atoms with Gasteiger partial charge in [-0.25, -0.2) is 0 Å². The van der Waals surface area contributed by atoms with Gasteiger partial charge < -0.3 is 10.3 Å². The number of carbonyl (C=O) groups is 3. The lowest BCUT2D eigenvalue weighted by atomic mass is 10.0. The Kier molecular flexibility index (Phi) is 7.65. The lowest BCUT2D eigenvalue weighted by molar-refractivity contribution is -0.130. The van der Waals surface area contributed by atoms with Crippen molar-refractivity contribution < 1.29 is 14.4 Å². The van der Waals surface area contributed by atoms with E-state index >= 15 is 0 Å². The van der Waals surface area contributed by atoms with Gasteiger partial charge in [0, 0.05) is 36.0 Å². The van der Waals surface area contributed by atoms with Crippen LogP contribution in [-0.4, -0.2) is 29.3 Å². The number of aromatic amines is 1. The van der Waals surface area contributed by atoms with Gasteiger partial charge in [-0.3, -0.25) is 25.2 Å². The van der Waals surface area contributed by atoms with E-state index in [0.717, 1.165) is 45.3 Å². The number of fused-ring (bicyclic) bond motifs is 1. The standard InChI is InChI=1S/C25H30N4O3/c1-16-13-17(2)25-21(14-16)20(18(3)27-25)15-24(32)29-28-23(31)10-9-22(30)26-12-11-19-7-5-4-6-8-19/h4-8,13-14,27H,9-12,15H2,1-3H3,(H,26,30)(H,28,31)(H,29,32). The summed E-state index contributed by atoms with van der Waals surface area (Å²) in [5.41, 5.74) is 11.1. The van der Waals surface area contributed by atoms with Crippen molar-refractivity contribution in [3.05, 3.63) is 70.4 Å².